The normalized spacial score (nSPS) is 10.5. The minimum atomic E-state index is -0.383. The number of aromatic nitrogens is 1. The molecule has 2 amide bonds. The molecule has 4 nitrogen and oxygen atoms in total. The highest BCUT2D eigenvalue weighted by Crippen LogP contribution is 2.13. The molecule has 0 saturated carbocycles. The maximum atomic E-state index is 11.6. The lowest BCUT2D eigenvalue weighted by Gasteiger charge is -2.03. The first-order valence-electron chi connectivity index (χ1n) is 5.75. The topological polar surface area (TPSA) is 54.0 Å². The molecule has 0 atom stereocenters. The first-order chi connectivity index (χ1) is 9.63. The Hall–Kier alpha value is -1.85. The number of rotatable bonds is 3. The first kappa shape index (κ1) is 14.6. The predicted molar refractivity (Wildman–Crippen MR) is 84.6 cm³/mol. The molecule has 0 bridgehead atoms. The number of hydrogen-bond acceptors (Lipinski definition) is 2. The monoisotopic (exact) mass is 351 g/mol. The molecule has 102 valence electrons. The van der Waals surface area contributed by atoms with Gasteiger partial charge in [-0.05, 0) is 35.9 Å². The Bertz CT molecular complexity index is 646. The zero-order chi connectivity index (χ0) is 14.4. The van der Waals surface area contributed by atoms with Gasteiger partial charge in [0.15, 0.2) is 0 Å². The summed E-state index contributed by atoms with van der Waals surface area (Å²) in [5.74, 6) is 0.394. The Morgan fingerprint density at radius 1 is 1.30 bits per heavy atom. The molecule has 1 aromatic heterocycles. The van der Waals surface area contributed by atoms with E-state index in [0.717, 1.165) is 10.0 Å². The van der Waals surface area contributed by atoms with Crippen LogP contribution in [0.4, 0.5) is 10.6 Å². The third kappa shape index (κ3) is 4.68. The number of halogens is 2. The van der Waals surface area contributed by atoms with Gasteiger partial charge in [-0.25, -0.2) is 9.78 Å². The molecular weight excluding hydrogens is 342 g/mol. The van der Waals surface area contributed by atoms with Crippen molar-refractivity contribution in [3.63, 3.8) is 0 Å². The van der Waals surface area contributed by atoms with Crippen molar-refractivity contribution in [2.45, 2.75) is 0 Å². The van der Waals surface area contributed by atoms with Crippen LogP contribution in [0.5, 0.6) is 0 Å². The molecule has 0 spiro atoms. The summed E-state index contributed by atoms with van der Waals surface area (Å²) < 4.78 is 0.979. The van der Waals surface area contributed by atoms with Crippen molar-refractivity contribution in [1.82, 2.24) is 10.3 Å². The molecule has 1 heterocycles. The number of pyridine rings is 1. The highest BCUT2D eigenvalue weighted by Gasteiger charge is 2.00. The van der Waals surface area contributed by atoms with Gasteiger partial charge in [0.25, 0.3) is 0 Å². The van der Waals surface area contributed by atoms with Crippen LogP contribution in [0.15, 0.2) is 53.3 Å². The number of hydrogen-bond donors (Lipinski definition) is 2. The Kier molecular flexibility index (Phi) is 5.15. The van der Waals surface area contributed by atoms with Gasteiger partial charge in [-0.2, -0.15) is 0 Å². The highest BCUT2D eigenvalue weighted by molar-refractivity contribution is 9.10. The summed E-state index contributed by atoms with van der Waals surface area (Å²) >= 11 is 9.18. The molecular formula is C14H11BrClN3O. The standard InChI is InChI=1S/C14H11BrClN3O/c15-11-3-1-2-10(8-11)4-6-18-14(20)19-13-9-12(16)5-7-17-13/h1-9H,(H2,17,18,19,20)/b6-4+. The fourth-order valence-corrected chi connectivity index (χ4v) is 2.03. The minimum Gasteiger partial charge on any atom is -0.314 e. The summed E-state index contributed by atoms with van der Waals surface area (Å²) in [4.78, 5) is 15.6. The van der Waals surface area contributed by atoms with Gasteiger partial charge in [0.2, 0.25) is 0 Å². The predicted octanol–water partition coefficient (Wildman–Crippen LogP) is 4.29. The maximum Gasteiger partial charge on any atom is 0.324 e. The van der Waals surface area contributed by atoms with E-state index in [9.17, 15) is 4.79 Å². The molecule has 0 saturated heterocycles. The van der Waals surface area contributed by atoms with Crippen LogP contribution in [0.3, 0.4) is 0 Å². The van der Waals surface area contributed by atoms with E-state index in [2.05, 4.69) is 31.5 Å². The first-order valence-corrected chi connectivity index (χ1v) is 6.92. The third-order valence-electron chi connectivity index (χ3n) is 2.30. The van der Waals surface area contributed by atoms with E-state index in [0.29, 0.717) is 10.8 Å². The third-order valence-corrected chi connectivity index (χ3v) is 3.03. The van der Waals surface area contributed by atoms with Crippen LogP contribution in [-0.2, 0) is 0 Å². The zero-order valence-electron chi connectivity index (χ0n) is 10.3. The summed E-state index contributed by atoms with van der Waals surface area (Å²) in [6, 6.07) is 10.5. The summed E-state index contributed by atoms with van der Waals surface area (Å²) in [6.07, 6.45) is 4.87. The van der Waals surface area contributed by atoms with Crippen molar-refractivity contribution >= 4 is 45.5 Å². The van der Waals surface area contributed by atoms with Crippen molar-refractivity contribution in [1.29, 1.82) is 0 Å². The maximum absolute atomic E-state index is 11.6. The molecule has 0 aliphatic heterocycles. The molecule has 0 aliphatic rings. The second-order valence-corrected chi connectivity index (χ2v) is 5.20. The van der Waals surface area contributed by atoms with Crippen molar-refractivity contribution in [2.24, 2.45) is 0 Å². The van der Waals surface area contributed by atoms with Gasteiger partial charge in [0.05, 0.1) is 0 Å². The van der Waals surface area contributed by atoms with Crippen molar-refractivity contribution < 1.29 is 4.79 Å². The average molecular weight is 353 g/mol. The van der Waals surface area contributed by atoms with Gasteiger partial charge in [0.1, 0.15) is 5.82 Å². The largest absolute Gasteiger partial charge is 0.324 e. The van der Waals surface area contributed by atoms with E-state index in [1.54, 1.807) is 24.4 Å². The summed E-state index contributed by atoms with van der Waals surface area (Å²) in [5, 5.41) is 5.68. The Morgan fingerprint density at radius 3 is 2.90 bits per heavy atom. The smallest absolute Gasteiger partial charge is 0.314 e. The van der Waals surface area contributed by atoms with Crippen molar-refractivity contribution in [3.05, 3.63) is 63.9 Å². The number of urea groups is 1. The molecule has 0 radical (unpaired) electrons. The van der Waals surface area contributed by atoms with E-state index in [1.165, 1.54) is 6.20 Å². The number of anilines is 1. The Morgan fingerprint density at radius 2 is 2.15 bits per heavy atom. The fourth-order valence-electron chi connectivity index (χ4n) is 1.45. The van der Waals surface area contributed by atoms with E-state index >= 15 is 0 Å². The summed E-state index contributed by atoms with van der Waals surface area (Å²) in [5.41, 5.74) is 0.973. The van der Waals surface area contributed by atoms with Gasteiger partial charge < -0.3 is 5.32 Å². The number of carbonyl (C=O) groups excluding carboxylic acids is 1. The van der Waals surface area contributed by atoms with Gasteiger partial charge >= 0.3 is 6.03 Å². The number of benzene rings is 1. The van der Waals surface area contributed by atoms with Gasteiger partial charge in [-0.15, -0.1) is 0 Å². The quantitative estimate of drug-likeness (QED) is 0.866. The summed E-state index contributed by atoms with van der Waals surface area (Å²) in [6.45, 7) is 0. The van der Waals surface area contributed by atoms with Crippen LogP contribution in [0, 0.1) is 0 Å². The second kappa shape index (κ2) is 7.07. The molecule has 1 aromatic carbocycles. The number of nitrogens with one attached hydrogen (secondary N) is 2. The Balaban J connectivity index is 1.89. The molecule has 2 N–H and O–H groups in total. The lowest BCUT2D eigenvalue weighted by atomic mass is 10.2. The highest BCUT2D eigenvalue weighted by atomic mass is 79.9. The summed E-state index contributed by atoms with van der Waals surface area (Å²) in [7, 11) is 0. The van der Waals surface area contributed by atoms with E-state index < -0.39 is 0 Å². The van der Waals surface area contributed by atoms with E-state index in [4.69, 9.17) is 11.6 Å². The molecule has 2 aromatic rings. The molecule has 0 unspecified atom stereocenters. The second-order valence-electron chi connectivity index (χ2n) is 3.85. The van der Waals surface area contributed by atoms with Crippen LogP contribution >= 0.6 is 27.5 Å². The van der Waals surface area contributed by atoms with Crippen LogP contribution in [0.25, 0.3) is 6.08 Å². The lowest BCUT2D eigenvalue weighted by Crippen LogP contribution is -2.24. The van der Waals surface area contributed by atoms with E-state index in [1.807, 2.05) is 24.3 Å². The number of nitrogens with zero attached hydrogens (tertiary/aromatic N) is 1. The van der Waals surface area contributed by atoms with Gasteiger partial charge in [-0.3, -0.25) is 5.32 Å². The Labute approximate surface area is 130 Å². The zero-order valence-corrected chi connectivity index (χ0v) is 12.6. The fraction of sp³-hybridized carbons (Fsp3) is 0. The minimum absolute atomic E-state index is 0.383. The lowest BCUT2D eigenvalue weighted by molar-refractivity contribution is 0.255. The van der Waals surface area contributed by atoms with Crippen LogP contribution in [0.2, 0.25) is 5.02 Å². The van der Waals surface area contributed by atoms with Crippen LogP contribution in [0.1, 0.15) is 5.56 Å². The van der Waals surface area contributed by atoms with Crippen LogP contribution < -0.4 is 10.6 Å². The molecule has 20 heavy (non-hydrogen) atoms. The van der Waals surface area contributed by atoms with Crippen LogP contribution in [-0.4, -0.2) is 11.0 Å². The van der Waals surface area contributed by atoms with Crippen molar-refractivity contribution in [2.75, 3.05) is 5.32 Å². The van der Waals surface area contributed by atoms with Gasteiger partial charge in [-0.1, -0.05) is 39.7 Å². The molecule has 0 aliphatic carbocycles. The van der Waals surface area contributed by atoms with Crippen molar-refractivity contribution in [3.8, 4) is 0 Å². The SMILES string of the molecule is O=C(N/C=C/c1cccc(Br)c1)Nc1cc(Cl)ccn1. The molecule has 0 fully saturated rings. The average Bonchev–Trinajstić information content (AvgIpc) is 2.38. The van der Waals surface area contributed by atoms with E-state index in [-0.39, 0.29) is 6.03 Å². The number of carbonyl (C=O) groups is 1. The van der Waals surface area contributed by atoms with Gasteiger partial charge in [0, 0.05) is 21.9 Å². The molecule has 6 heteroatoms. The number of amides is 2. The molecule has 2 rings (SSSR count).